The third-order valence-corrected chi connectivity index (χ3v) is 4.63. The lowest BCUT2D eigenvalue weighted by atomic mass is 9.92. The number of nitrogens with zero attached hydrogens (tertiary/aromatic N) is 1. The van der Waals surface area contributed by atoms with Crippen LogP contribution in [-0.2, 0) is 12.0 Å². The average Bonchev–Trinajstić information content (AvgIpc) is 2.83. The maximum Gasteiger partial charge on any atom is 0.0808 e. The number of nitriles is 1. The SMILES string of the molecule is N#CCSCCCNC1(CO)CCc2ccccc21. The van der Waals surface area contributed by atoms with Crippen LogP contribution in [0.3, 0.4) is 0 Å². The fourth-order valence-corrected chi connectivity index (χ4v) is 3.30. The Bertz CT molecular complexity index is 458. The molecule has 0 heterocycles. The molecule has 0 saturated carbocycles. The molecule has 0 fully saturated rings. The van der Waals surface area contributed by atoms with Crippen LogP contribution in [0.25, 0.3) is 0 Å². The van der Waals surface area contributed by atoms with Gasteiger partial charge in [-0.15, -0.1) is 11.8 Å². The van der Waals surface area contributed by atoms with Gasteiger partial charge in [-0.3, -0.25) is 0 Å². The van der Waals surface area contributed by atoms with Gasteiger partial charge in [0.05, 0.1) is 24.0 Å². The molecular weight excluding hydrogens is 256 g/mol. The van der Waals surface area contributed by atoms with Crippen molar-refractivity contribution in [3.63, 3.8) is 0 Å². The molecule has 1 aromatic carbocycles. The van der Waals surface area contributed by atoms with E-state index in [0.29, 0.717) is 5.75 Å². The van der Waals surface area contributed by atoms with E-state index in [0.717, 1.165) is 31.6 Å². The van der Waals surface area contributed by atoms with Gasteiger partial charge in [0.25, 0.3) is 0 Å². The normalized spacial score (nSPS) is 21.1. The molecule has 0 bridgehead atoms. The van der Waals surface area contributed by atoms with Crippen LogP contribution in [0.2, 0.25) is 0 Å². The quantitative estimate of drug-likeness (QED) is 0.749. The molecule has 0 saturated heterocycles. The van der Waals surface area contributed by atoms with E-state index in [1.54, 1.807) is 11.8 Å². The van der Waals surface area contributed by atoms with Crippen LogP contribution in [0.15, 0.2) is 24.3 Å². The zero-order chi connectivity index (χ0) is 13.6. The highest BCUT2D eigenvalue weighted by Gasteiger charge is 2.37. The highest BCUT2D eigenvalue weighted by Crippen LogP contribution is 2.36. The van der Waals surface area contributed by atoms with Crippen molar-refractivity contribution in [2.75, 3.05) is 24.7 Å². The summed E-state index contributed by atoms with van der Waals surface area (Å²) in [5.41, 5.74) is 2.35. The number of nitrogens with one attached hydrogen (secondary N) is 1. The minimum absolute atomic E-state index is 0.148. The van der Waals surface area contributed by atoms with E-state index < -0.39 is 0 Å². The number of rotatable bonds is 7. The Balaban J connectivity index is 1.89. The minimum atomic E-state index is -0.253. The van der Waals surface area contributed by atoms with Gasteiger partial charge >= 0.3 is 0 Å². The molecule has 1 aromatic rings. The summed E-state index contributed by atoms with van der Waals surface area (Å²) >= 11 is 1.66. The van der Waals surface area contributed by atoms with E-state index in [1.165, 1.54) is 11.1 Å². The van der Waals surface area contributed by atoms with Gasteiger partial charge in [-0.05, 0) is 42.7 Å². The first-order valence-corrected chi connectivity index (χ1v) is 7.87. The van der Waals surface area contributed by atoms with Gasteiger partial charge in [0.1, 0.15) is 0 Å². The number of benzene rings is 1. The molecule has 19 heavy (non-hydrogen) atoms. The molecule has 2 N–H and O–H groups in total. The van der Waals surface area contributed by atoms with E-state index >= 15 is 0 Å². The fraction of sp³-hybridized carbons (Fsp3) is 0.533. The van der Waals surface area contributed by atoms with Gasteiger partial charge in [-0.2, -0.15) is 5.26 Å². The number of aliphatic hydroxyl groups excluding tert-OH is 1. The number of hydrogen-bond acceptors (Lipinski definition) is 4. The molecule has 0 spiro atoms. The predicted octanol–water partition coefficient (Wildman–Crippen LogP) is 2.06. The lowest BCUT2D eigenvalue weighted by Crippen LogP contribution is -2.44. The van der Waals surface area contributed by atoms with Gasteiger partial charge in [0.15, 0.2) is 0 Å². The summed E-state index contributed by atoms with van der Waals surface area (Å²) in [5, 5.41) is 21.8. The lowest BCUT2D eigenvalue weighted by molar-refractivity contribution is 0.161. The van der Waals surface area contributed by atoms with E-state index in [1.807, 2.05) is 6.07 Å². The fourth-order valence-electron chi connectivity index (χ4n) is 2.71. The second kappa shape index (κ2) is 6.95. The Morgan fingerprint density at radius 2 is 2.26 bits per heavy atom. The first-order chi connectivity index (χ1) is 9.32. The molecule has 1 atom stereocenters. The molecule has 102 valence electrons. The second-order valence-corrected chi connectivity index (χ2v) is 5.99. The molecule has 1 aliphatic rings. The largest absolute Gasteiger partial charge is 0.394 e. The van der Waals surface area contributed by atoms with Gasteiger partial charge < -0.3 is 10.4 Å². The molecule has 2 rings (SSSR count). The maximum absolute atomic E-state index is 9.79. The van der Waals surface area contributed by atoms with Gasteiger partial charge in [0, 0.05) is 0 Å². The van der Waals surface area contributed by atoms with Crippen molar-refractivity contribution >= 4 is 11.8 Å². The monoisotopic (exact) mass is 276 g/mol. The number of aryl methyl sites for hydroxylation is 1. The third kappa shape index (κ3) is 3.30. The summed E-state index contributed by atoms with van der Waals surface area (Å²) in [6, 6.07) is 10.5. The number of aliphatic hydroxyl groups is 1. The number of hydrogen-bond donors (Lipinski definition) is 2. The molecular formula is C15H20N2OS. The standard InChI is InChI=1S/C15H20N2OS/c16-8-11-19-10-3-9-17-15(12-18)7-6-13-4-1-2-5-14(13)15/h1-2,4-5,17-18H,3,6-7,9-12H2. The van der Waals surface area contributed by atoms with Gasteiger partial charge in [-0.25, -0.2) is 0 Å². The Morgan fingerprint density at radius 3 is 3.05 bits per heavy atom. The number of thioether (sulfide) groups is 1. The van der Waals surface area contributed by atoms with Crippen LogP contribution in [0.4, 0.5) is 0 Å². The van der Waals surface area contributed by atoms with E-state index in [4.69, 9.17) is 5.26 Å². The van der Waals surface area contributed by atoms with E-state index in [-0.39, 0.29) is 12.1 Å². The Morgan fingerprint density at radius 1 is 1.42 bits per heavy atom. The zero-order valence-electron chi connectivity index (χ0n) is 11.1. The van der Waals surface area contributed by atoms with Crippen LogP contribution < -0.4 is 5.32 Å². The van der Waals surface area contributed by atoms with Crippen LogP contribution in [0.1, 0.15) is 24.0 Å². The Labute approximate surface area is 119 Å². The van der Waals surface area contributed by atoms with Crippen LogP contribution in [0, 0.1) is 11.3 Å². The summed E-state index contributed by atoms with van der Waals surface area (Å²) in [7, 11) is 0. The first kappa shape index (κ1) is 14.4. The lowest BCUT2D eigenvalue weighted by Gasteiger charge is -2.30. The van der Waals surface area contributed by atoms with E-state index in [9.17, 15) is 5.11 Å². The molecule has 3 nitrogen and oxygen atoms in total. The molecule has 0 aromatic heterocycles. The highest BCUT2D eigenvalue weighted by molar-refractivity contribution is 7.99. The molecule has 1 unspecified atom stereocenters. The first-order valence-electron chi connectivity index (χ1n) is 6.71. The van der Waals surface area contributed by atoms with Crippen molar-refractivity contribution < 1.29 is 5.11 Å². The smallest absolute Gasteiger partial charge is 0.0808 e. The predicted molar refractivity (Wildman–Crippen MR) is 79.1 cm³/mol. The zero-order valence-corrected chi connectivity index (χ0v) is 11.9. The molecule has 1 aliphatic carbocycles. The van der Waals surface area contributed by atoms with Gasteiger partial charge in [0.2, 0.25) is 0 Å². The topological polar surface area (TPSA) is 56.0 Å². The minimum Gasteiger partial charge on any atom is -0.394 e. The average molecular weight is 276 g/mol. The second-order valence-electron chi connectivity index (χ2n) is 4.89. The molecule has 0 radical (unpaired) electrons. The summed E-state index contributed by atoms with van der Waals surface area (Å²) < 4.78 is 0. The maximum atomic E-state index is 9.79. The van der Waals surface area contributed by atoms with Crippen LogP contribution in [-0.4, -0.2) is 29.8 Å². The van der Waals surface area contributed by atoms with E-state index in [2.05, 4.69) is 29.6 Å². The molecule has 0 amide bonds. The Kier molecular flexibility index (Phi) is 5.26. The van der Waals surface area contributed by atoms with Crippen molar-refractivity contribution in [3.05, 3.63) is 35.4 Å². The molecule has 0 aliphatic heterocycles. The van der Waals surface area contributed by atoms with Crippen LogP contribution >= 0.6 is 11.8 Å². The Hall–Kier alpha value is -1.02. The third-order valence-electron chi connectivity index (χ3n) is 3.72. The van der Waals surface area contributed by atoms with Crippen molar-refractivity contribution in [1.29, 1.82) is 5.26 Å². The van der Waals surface area contributed by atoms with Crippen molar-refractivity contribution in [2.24, 2.45) is 0 Å². The molecule has 4 heteroatoms. The van der Waals surface area contributed by atoms with Crippen LogP contribution in [0.5, 0.6) is 0 Å². The summed E-state index contributed by atoms with van der Waals surface area (Å²) in [4.78, 5) is 0. The van der Waals surface area contributed by atoms with Crippen molar-refractivity contribution in [3.8, 4) is 6.07 Å². The van der Waals surface area contributed by atoms with Crippen molar-refractivity contribution in [1.82, 2.24) is 5.32 Å². The summed E-state index contributed by atoms with van der Waals surface area (Å²) in [6.07, 6.45) is 3.03. The van der Waals surface area contributed by atoms with Crippen molar-refractivity contribution in [2.45, 2.75) is 24.8 Å². The van der Waals surface area contributed by atoms with Gasteiger partial charge in [-0.1, -0.05) is 24.3 Å². The highest BCUT2D eigenvalue weighted by atomic mass is 32.2. The number of fused-ring (bicyclic) bond motifs is 1. The summed E-state index contributed by atoms with van der Waals surface area (Å²) in [6.45, 7) is 1.03. The summed E-state index contributed by atoms with van der Waals surface area (Å²) in [5.74, 6) is 1.55.